The first kappa shape index (κ1) is 25.7. The maximum absolute atomic E-state index is 12.9. The number of Topliss-reactive ketones (excluding diaryl/α,β-unsaturated/α-hetero) is 1. The van der Waals surface area contributed by atoms with Gasteiger partial charge in [0.15, 0.2) is 5.78 Å². The molecule has 3 rings (SSSR count). The van der Waals surface area contributed by atoms with Gasteiger partial charge >= 0.3 is 5.97 Å². The molecule has 35 heavy (non-hydrogen) atoms. The van der Waals surface area contributed by atoms with Gasteiger partial charge in [0.25, 0.3) is 0 Å². The first-order valence-corrected chi connectivity index (χ1v) is 11.9. The summed E-state index contributed by atoms with van der Waals surface area (Å²) in [6, 6.07) is 18.3. The maximum Gasteiger partial charge on any atom is 0.348 e. The number of nitriles is 2. The van der Waals surface area contributed by atoms with Crippen molar-refractivity contribution in [1.29, 1.82) is 10.5 Å². The molecule has 0 spiro atoms. The third-order valence-electron chi connectivity index (χ3n) is 5.02. The van der Waals surface area contributed by atoms with Crippen molar-refractivity contribution < 1.29 is 19.1 Å². The summed E-state index contributed by atoms with van der Waals surface area (Å²) in [5, 5.41) is 19.8. The van der Waals surface area contributed by atoms with Gasteiger partial charge in [-0.3, -0.25) is 4.79 Å². The number of rotatable bonds is 9. The number of hydrogen-bond acceptors (Lipinski definition) is 7. The van der Waals surface area contributed by atoms with Crippen LogP contribution in [0.2, 0.25) is 5.02 Å². The predicted octanol–water partition coefficient (Wildman–Crippen LogP) is 6.06. The first-order valence-electron chi connectivity index (χ1n) is 10.7. The zero-order valence-corrected chi connectivity index (χ0v) is 20.7. The minimum Gasteiger partial charge on any atom is -0.489 e. The molecule has 0 saturated heterocycles. The van der Waals surface area contributed by atoms with Crippen LogP contribution in [0.15, 0.2) is 54.1 Å². The number of halogens is 1. The summed E-state index contributed by atoms with van der Waals surface area (Å²) in [4.78, 5) is 25.8. The number of ketones is 1. The second-order valence-corrected chi connectivity index (χ2v) is 8.99. The number of allylic oxidation sites excluding steroid dienone is 1. The molecule has 3 aromatic rings. The fourth-order valence-electron chi connectivity index (χ4n) is 3.26. The van der Waals surface area contributed by atoms with Gasteiger partial charge in [-0.2, -0.15) is 10.5 Å². The molecule has 0 aliphatic carbocycles. The summed E-state index contributed by atoms with van der Waals surface area (Å²) in [7, 11) is 0. The van der Waals surface area contributed by atoms with Crippen LogP contribution in [0.5, 0.6) is 5.75 Å². The van der Waals surface area contributed by atoms with Crippen LogP contribution in [0.3, 0.4) is 0 Å². The van der Waals surface area contributed by atoms with Gasteiger partial charge in [0.2, 0.25) is 0 Å². The van der Waals surface area contributed by atoms with Crippen molar-refractivity contribution in [1.82, 2.24) is 0 Å². The van der Waals surface area contributed by atoms with Gasteiger partial charge in [-0.15, -0.1) is 11.3 Å². The Hall–Kier alpha value is -3.91. The Morgan fingerprint density at radius 1 is 1.14 bits per heavy atom. The lowest BCUT2D eigenvalue weighted by molar-refractivity contribution is -0.114. The lowest BCUT2D eigenvalue weighted by Gasteiger charge is -2.07. The molecule has 0 unspecified atom stereocenters. The van der Waals surface area contributed by atoms with Crippen LogP contribution in [0, 0.1) is 29.6 Å². The highest BCUT2D eigenvalue weighted by atomic mass is 35.5. The molecule has 1 aromatic heterocycles. The molecule has 0 fully saturated rings. The lowest BCUT2D eigenvalue weighted by Crippen LogP contribution is -2.05. The number of benzene rings is 2. The third kappa shape index (κ3) is 6.58. The summed E-state index contributed by atoms with van der Waals surface area (Å²) in [6.45, 7) is 3.88. The van der Waals surface area contributed by atoms with Gasteiger partial charge in [0.1, 0.15) is 29.4 Å². The first-order chi connectivity index (χ1) is 16.9. The van der Waals surface area contributed by atoms with Gasteiger partial charge in [-0.1, -0.05) is 35.9 Å². The Morgan fingerprint density at radius 2 is 1.89 bits per heavy atom. The van der Waals surface area contributed by atoms with Crippen LogP contribution in [0.4, 0.5) is 0 Å². The van der Waals surface area contributed by atoms with Crippen LogP contribution in [0.1, 0.15) is 43.7 Å². The molecule has 1 heterocycles. The number of carbonyl (C=O) groups is 2. The predicted molar refractivity (Wildman–Crippen MR) is 134 cm³/mol. The SMILES string of the molecule is CCOC(=O)c1sc(CC(=O)C(C#N)=Cc2cccc(OCc3ccc(Cl)cc3)c2)c(C#N)c1C. The normalized spacial score (nSPS) is 10.8. The summed E-state index contributed by atoms with van der Waals surface area (Å²) < 4.78 is 10.8. The Labute approximate surface area is 212 Å². The second-order valence-electron chi connectivity index (χ2n) is 7.44. The molecule has 0 aliphatic rings. The van der Waals surface area contributed by atoms with Gasteiger partial charge in [-0.25, -0.2) is 4.79 Å². The van der Waals surface area contributed by atoms with E-state index in [-0.39, 0.29) is 24.2 Å². The molecule has 0 atom stereocenters. The van der Waals surface area contributed by atoms with Crippen molar-refractivity contribution in [2.24, 2.45) is 0 Å². The molecule has 0 bridgehead atoms. The highest BCUT2D eigenvalue weighted by molar-refractivity contribution is 7.14. The third-order valence-corrected chi connectivity index (χ3v) is 6.55. The van der Waals surface area contributed by atoms with Gasteiger partial charge in [0, 0.05) is 16.3 Å². The van der Waals surface area contributed by atoms with Crippen LogP contribution < -0.4 is 4.74 Å². The van der Waals surface area contributed by atoms with Gasteiger partial charge in [-0.05, 0) is 60.9 Å². The molecule has 0 radical (unpaired) electrons. The molecular formula is C27H21ClN2O4S. The topological polar surface area (TPSA) is 100 Å². The summed E-state index contributed by atoms with van der Waals surface area (Å²) >= 11 is 6.95. The number of ether oxygens (including phenoxy) is 2. The number of hydrogen-bond donors (Lipinski definition) is 0. The largest absolute Gasteiger partial charge is 0.489 e. The van der Waals surface area contributed by atoms with E-state index in [2.05, 4.69) is 6.07 Å². The molecule has 0 saturated carbocycles. The quantitative estimate of drug-likeness (QED) is 0.199. The van der Waals surface area contributed by atoms with Crippen molar-refractivity contribution in [2.75, 3.05) is 6.61 Å². The molecule has 0 aliphatic heterocycles. The van der Waals surface area contributed by atoms with E-state index in [0.29, 0.717) is 38.3 Å². The Bertz CT molecular complexity index is 1360. The van der Waals surface area contributed by atoms with E-state index in [1.54, 1.807) is 50.2 Å². The van der Waals surface area contributed by atoms with E-state index in [4.69, 9.17) is 21.1 Å². The highest BCUT2D eigenvalue weighted by Gasteiger charge is 2.23. The van der Waals surface area contributed by atoms with Gasteiger partial charge < -0.3 is 9.47 Å². The molecule has 0 amide bonds. The smallest absolute Gasteiger partial charge is 0.348 e. The van der Waals surface area contributed by atoms with Crippen LogP contribution >= 0.6 is 22.9 Å². The second kappa shape index (κ2) is 12.0. The van der Waals surface area contributed by atoms with Crippen molar-refractivity contribution in [2.45, 2.75) is 26.9 Å². The number of esters is 1. The van der Waals surface area contributed by atoms with E-state index in [1.807, 2.05) is 18.2 Å². The Kier molecular flexibility index (Phi) is 8.80. The molecule has 6 nitrogen and oxygen atoms in total. The summed E-state index contributed by atoms with van der Waals surface area (Å²) in [6.07, 6.45) is 1.32. The monoisotopic (exact) mass is 504 g/mol. The lowest BCUT2D eigenvalue weighted by atomic mass is 10.0. The van der Waals surface area contributed by atoms with Crippen LogP contribution in [0.25, 0.3) is 6.08 Å². The van der Waals surface area contributed by atoms with E-state index >= 15 is 0 Å². The van der Waals surface area contributed by atoms with Crippen LogP contribution in [-0.4, -0.2) is 18.4 Å². The zero-order chi connectivity index (χ0) is 25.4. The fraction of sp³-hybridized carbons (Fsp3) is 0.185. The molecule has 176 valence electrons. The molecule has 0 N–H and O–H groups in total. The molecule has 8 heteroatoms. The number of nitrogens with zero attached hydrogens (tertiary/aromatic N) is 2. The van der Waals surface area contributed by atoms with Crippen LogP contribution in [-0.2, 0) is 22.6 Å². The van der Waals surface area contributed by atoms with Crippen molar-refractivity contribution in [3.8, 4) is 17.9 Å². The fourth-order valence-corrected chi connectivity index (χ4v) is 4.53. The highest BCUT2D eigenvalue weighted by Crippen LogP contribution is 2.30. The maximum atomic E-state index is 12.9. The van der Waals surface area contributed by atoms with E-state index in [1.165, 1.54) is 6.08 Å². The summed E-state index contributed by atoms with van der Waals surface area (Å²) in [5.74, 6) is -0.400. The molecule has 2 aromatic carbocycles. The average Bonchev–Trinajstić information content (AvgIpc) is 3.17. The Balaban J connectivity index is 1.77. The van der Waals surface area contributed by atoms with Crippen molar-refractivity contribution >= 4 is 40.8 Å². The zero-order valence-electron chi connectivity index (χ0n) is 19.1. The van der Waals surface area contributed by atoms with Crippen molar-refractivity contribution in [3.63, 3.8) is 0 Å². The standard InChI is InChI=1S/C27H21ClN2O4S/c1-3-33-27(32)26-17(2)23(15-30)25(35-26)13-24(31)20(14-29)11-19-5-4-6-22(12-19)34-16-18-7-9-21(28)10-8-18/h4-12H,3,13,16H2,1-2H3. The summed E-state index contributed by atoms with van der Waals surface area (Å²) in [5.41, 5.74) is 2.25. The van der Waals surface area contributed by atoms with Gasteiger partial charge in [0.05, 0.1) is 17.7 Å². The minimum absolute atomic E-state index is 0.0625. The average molecular weight is 505 g/mol. The number of thiophene rings is 1. The molecular weight excluding hydrogens is 484 g/mol. The number of carbonyl (C=O) groups excluding carboxylic acids is 2. The van der Waals surface area contributed by atoms with E-state index in [9.17, 15) is 20.1 Å². The minimum atomic E-state index is -0.531. The van der Waals surface area contributed by atoms with Crippen molar-refractivity contribution in [3.05, 3.63) is 91.1 Å². The Morgan fingerprint density at radius 3 is 2.54 bits per heavy atom. The van der Waals surface area contributed by atoms with E-state index < -0.39 is 11.8 Å². The van der Waals surface area contributed by atoms with E-state index in [0.717, 1.165) is 16.9 Å².